The number of amidine groups is 1. The number of nitro benzene ring substituents is 1. The zero-order valence-electron chi connectivity index (χ0n) is 16.2. The van der Waals surface area contributed by atoms with Crippen molar-refractivity contribution < 1.29 is 32.3 Å². The number of hydrogen-bond acceptors (Lipinski definition) is 9. The number of carbonyl (C=O) groups is 1. The van der Waals surface area contributed by atoms with Crippen LogP contribution in [-0.2, 0) is 37.5 Å². The summed E-state index contributed by atoms with van der Waals surface area (Å²) in [6.45, 7) is 1.30. The normalized spacial score (nSPS) is 18.3. The Morgan fingerprint density at radius 1 is 1.35 bits per heavy atom. The number of nitrogens with zero attached hydrogens (tertiary/aromatic N) is 2. The van der Waals surface area contributed by atoms with Crippen LogP contribution < -0.4 is 9.46 Å². The quantitative estimate of drug-likeness (QED) is 0.413. The topological polar surface area (TPSA) is 146 Å². The molecule has 31 heavy (non-hydrogen) atoms. The minimum atomic E-state index is -3.73. The summed E-state index contributed by atoms with van der Waals surface area (Å²) in [4.78, 5) is 27.3. The first kappa shape index (κ1) is 20.8. The van der Waals surface area contributed by atoms with E-state index >= 15 is 0 Å². The molecule has 0 saturated carbocycles. The van der Waals surface area contributed by atoms with E-state index in [4.69, 9.17) is 14.2 Å². The fourth-order valence-corrected chi connectivity index (χ4v) is 4.48. The lowest BCUT2D eigenvalue weighted by Crippen LogP contribution is -2.26. The van der Waals surface area contributed by atoms with E-state index in [0.29, 0.717) is 22.4 Å². The number of esters is 1. The predicted octanol–water partition coefficient (Wildman–Crippen LogP) is 1.63. The van der Waals surface area contributed by atoms with E-state index in [2.05, 4.69) is 9.71 Å². The minimum absolute atomic E-state index is 0.0185. The van der Waals surface area contributed by atoms with E-state index in [1.807, 2.05) is 0 Å². The lowest BCUT2D eigenvalue weighted by atomic mass is 10.1. The molecule has 0 aromatic heterocycles. The van der Waals surface area contributed by atoms with Crippen LogP contribution in [0.5, 0.6) is 5.75 Å². The lowest BCUT2D eigenvalue weighted by molar-refractivity contribution is -0.385. The maximum Gasteiger partial charge on any atom is 0.330 e. The summed E-state index contributed by atoms with van der Waals surface area (Å²) in [7, 11) is -3.73. The molecule has 11 nitrogen and oxygen atoms in total. The van der Waals surface area contributed by atoms with Crippen LogP contribution in [0.1, 0.15) is 23.6 Å². The van der Waals surface area contributed by atoms with Gasteiger partial charge in [0.1, 0.15) is 24.2 Å². The molecule has 162 valence electrons. The Morgan fingerprint density at radius 2 is 2.13 bits per heavy atom. The first-order valence-electron chi connectivity index (χ1n) is 9.13. The second-order valence-corrected chi connectivity index (χ2v) is 8.47. The number of aliphatic imine (C=N–C) groups is 1. The molecule has 1 N–H and O–H groups in total. The van der Waals surface area contributed by atoms with Crippen LogP contribution in [-0.4, -0.2) is 38.0 Å². The van der Waals surface area contributed by atoms with Crippen molar-refractivity contribution in [1.82, 2.24) is 4.72 Å². The number of non-ortho nitro benzene ring substituents is 1. The van der Waals surface area contributed by atoms with Crippen molar-refractivity contribution in [1.29, 1.82) is 0 Å². The molecule has 1 atom stereocenters. The molecular formula is C19H17N3O8S. The van der Waals surface area contributed by atoms with Gasteiger partial charge >= 0.3 is 5.97 Å². The van der Waals surface area contributed by atoms with E-state index in [0.717, 1.165) is 0 Å². The molecule has 0 fully saturated rings. The van der Waals surface area contributed by atoms with E-state index in [-0.39, 0.29) is 36.4 Å². The van der Waals surface area contributed by atoms with E-state index < -0.39 is 27.0 Å². The summed E-state index contributed by atoms with van der Waals surface area (Å²) in [5, 5.41) is 11.2. The minimum Gasteiger partial charge on any atom is -0.467 e. The predicted molar refractivity (Wildman–Crippen MR) is 106 cm³/mol. The third-order valence-corrected chi connectivity index (χ3v) is 6.08. The molecule has 0 spiro atoms. The molecule has 0 bridgehead atoms. The molecule has 2 aromatic rings. The zero-order valence-corrected chi connectivity index (χ0v) is 17.0. The monoisotopic (exact) mass is 447 g/mol. The van der Waals surface area contributed by atoms with E-state index in [1.165, 1.54) is 25.1 Å². The highest BCUT2D eigenvalue weighted by molar-refractivity contribution is 7.90. The Balaban J connectivity index is 1.52. The van der Waals surface area contributed by atoms with Gasteiger partial charge in [0.25, 0.3) is 15.7 Å². The maximum atomic E-state index is 12.5. The number of ether oxygens (including phenoxy) is 3. The molecule has 2 aliphatic rings. The number of rotatable bonds is 5. The fourth-order valence-electron chi connectivity index (χ4n) is 3.24. The average Bonchev–Trinajstić information content (AvgIpc) is 3.01. The third kappa shape index (κ3) is 4.07. The van der Waals surface area contributed by atoms with Crippen LogP contribution in [0.4, 0.5) is 5.69 Å². The van der Waals surface area contributed by atoms with Gasteiger partial charge in [0, 0.05) is 28.8 Å². The molecular weight excluding hydrogens is 430 g/mol. The number of benzene rings is 2. The smallest absolute Gasteiger partial charge is 0.330 e. The second-order valence-electron chi connectivity index (χ2n) is 6.82. The van der Waals surface area contributed by atoms with Crippen molar-refractivity contribution in [3.63, 3.8) is 0 Å². The molecule has 0 saturated heterocycles. The summed E-state index contributed by atoms with van der Waals surface area (Å²) >= 11 is 0. The van der Waals surface area contributed by atoms with Crippen molar-refractivity contribution >= 4 is 27.5 Å². The van der Waals surface area contributed by atoms with Gasteiger partial charge in [0.2, 0.25) is 0 Å². The van der Waals surface area contributed by atoms with Gasteiger partial charge in [0.15, 0.2) is 6.79 Å². The first-order chi connectivity index (χ1) is 14.8. The van der Waals surface area contributed by atoms with Crippen LogP contribution >= 0.6 is 0 Å². The highest BCUT2D eigenvalue weighted by Gasteiger charge is 2.31. The molecule has 4 rings (SSSR count). The van der Waals surface area contributed by atoms with Crippen LogP contribution in [0.15, 0.2) is 46.3 Å². The number of carbonyl (C=O) groups excluding carboxylic acids is 1. The van der Waals surface area contributed by atoms with Gasteiger partial charge in [-0.15, -0.1) is 0 Å². The van der Waals surface area contributed by atoms with Gasteiger partial charge in [0.05, 0.1) is 16.4 Å². The molecule has 0 radical (unpaired) electrons. The highest BCUT2D eigenvalue weighted by Crippen LogP contribution is 2.33. The van der Waals surface area contributed by atoms with Crippen molar-refractivity contribution in [2.45, 2.75) is 31.1 Å². The lowest BCUT2D eigenvalue weighted by Gasteiger charge is -2.20. The molecule has 2 heterocycles. The van der Waals surface area contributed by atoms with Crippen molar-refractivity contribution in [3.05, 3.63) is 63.2 Å². The Kier molecular flexibility index (Phi) is 5.33. The van der Waals surface area contributed by atoms with E-state index in [9.17, 15) is 23.3 Å². The summed E-state index contributed by atoms with van der Waals surface area (Å²) in [5.74, 6) is -0.308. The Hall–Kier alpha value is -3.51. The van der Waals surface area contributed by atoms with Gasteiger partial charge in [-0.25, -0.2) is 13.2 Å². The van der Waals surface area contributed by atoms with Gasteiger partial charge in [-0.05, 0) is 19.1 Å². The summed E-state index contributed by atoms with van der Waals surface area (Å²) in [5.41, 5.74) is 0.997. The summed E-state index contributed by atoms with van der Waals surface area (Å²) < 4.78 is 42.5. The molecule has 2 aliphatic heterocycles. The van der Waals surface area contributed by atoms with Gasteiger partial charge in [-0.3, -0.25) is 19.8 Å². The standard InChI is InChI=1S/C19H17N3O8S/c1-11(20-18-15-4-2-3-5-16(15)31(26,27)21-18)19(23)29-9-13-7-14(22(24)25)6-12-8-28-10-30-17(12)13/h2-7,11H,8-10H2,1H3,(H,20,21). The number of nitrogens with one attached hydrogen (secondary N) is 1. The van der Waals surface area contributed by atoms with Crippen LogP contribution in [0.25, 0.3) is 0 Å². The fraction of sp³-hybridized carbons (Fsp3) is 0.263. The van der Waals surface area contributed by atoms with Crippen molar-refractivity contribution in [2.24, 2.45) is 4.99 Å². The summed E-state index contributed by atoms with van der Waals surface area (Å²) in [6.07, 6.45) is 0. The molecule has 1 unspecified atom stereocenters. The van der Waals surface area contributed by atoms with Gasteiger partial charge < -0.3 is 14.2 Å². The number of hydrogen-bond donors (Lipinski definition) is 1. The second kappa shape index (κ2) is 7.96. The SMILES string of the molecule is CC(N=C1NS(=O)(=O)c2ccccc21)C(=O)OCc1cc([N+](=O)[O-])cc2c1OCOC2. The zero-order chi connectivity index (χ0) is 22.2. The third-order valence-electron chi connectivity index (χ3n) is 4.68. The van der Waals surface area contributed by atoms with Crippen molar-refractivity contribution in [3.8, 4) is 5.75 Å². The highest BCUT2D eigenvalue weighted by atomic mass is 32.2. The van der Waals surface area contributed by atoms with Gasteiger partial charge in [-0.2, -0.15) is 0 Å². The molecule has 0 amide bonds. The van der Waals surface area contributed by atoms with Crippen molar-refractivity contribution in [2.75, 3.05) is 6.79 Å². The Bertz CT molecular complexity index is 1210. The molecule has 12 heteroatoms. The Morgan fingerprint density at radius 3 is 2.90 bits per heavy atom. The van der Waals surface area contributed by atoms with Crippen LogP contribution in [0, 0.1) is 10.1 Å². The summed E-state index contributed by atoms with van der Waals surface area (Å²) in [6, 6.07) is 7.87. The van der Waals surface area contributed by atoms with Crippen LogP contribution in [0.3, 0.4) is 0 Å². The number of nitro groups is 1. The largest absolute Gasteiger partial charge is 0.467 e. The number of sulfonamides is 1. The van der Waals surface area contributed by atoms with E-state index in [1.54, 1.807) is 18.2 Å². The van der Waals surface area contributed by atoms with Gasteiger partial charge in [-0.1, -0.05) is 12.1 Å². The first-order valence-corrected chi connectivity index (χ1v) is 10.6. The Labute approximate surface area is 176 Å². The molecule has 2 aromatic carbocycles. The molecule has 0 aliphatic carbocycles. The van der Waals surface area contributed by atoms with Crippen LogP contribution in [0.2, 0.25) is 0 Å². The maximum absolute atomic E-state index is 12.5. The average molecular weight is 447 g/mol. The number of fused-ring (bicyclic) bond motifs is 2.